The number of carbonyl (C=O) groups excluding carboxylic acids is 5. The number of ketones is 1. The highest BCUT2D eigenvalue weighted by Gasteiger charge is 2.47. The van der Waals surface area contributed by atoms with Gasteiger partial charge in [0.1, 0.15) is 18.2 Å². The summed E-state index contributed by atoms with van der Waals surface area (Å²) in [5.41, 5.74) is 0. The van der Waals surface area contributed by atoms with E-state index < -0.39 is 41.8 Å². The molecule has 0 aromatic heterocycles. The molecule has 4 amide bonds. The van der Waals surface area contributed by atoms with Gasteiger partial charge in [0, 0.05) is 13.1 Å². The van der Waals surface area contributed by atoms with E-state index in [2.05, 4.69) is 29.5 Å². The van der Waals surface area contributed by atoms with Crippen LogP contribution in [0, 0.1) is 23.7 Å². The summed E-state index contributed by atoms with van der Waals surface area (Å²) in [5, 5.41) is 8.23. The number of Topliss-reactive ketones (excluding diaryl/α,β-unsaturated/α-hetero) is 1. The Kier molecular flexibility index (Phi) is 12.9. The number of nitrogens with one attached hydrogen (secondary N) is 3. The molecule has 0 bridgehead atoms. The molecule has 1 aliphatic heterocycles. The van der Waals surface area contributed by atoms with Crippen molar-refractivity contribution in [2.24, 2.45) is 23.7 Å². The molecule has 2 saturated carbocycles. The van der Waals surface area contributed by atoms with Gasteiger partial charge in [-0.1, -0.05) is 59.5 Å². The molecule has 10 heteroatoms. The van der Waals surface area contributed by atoms with Gasteiger partial charge in [-0.25, -0.2) is 4.79 Å². The third kappa shape index (κ3) is 8.80. The fourth-order valence-corrected chi connectivity index (χ4v) is 6.92. The lowest BCUT2D eigenvalue weighted by molar-refractivity contribution is -0.144. The van der Waals surface area contributed by atoms with E-state index in [0.717, 1.165) is 51.4 Å². The summed E-state index contributed by atoms with van der Waals surface area (Å²) in [7, 11) is 0. The first-order chi connectivity index (χ1) is 20.1. The highest BCUT2D eigenvalue weighted by molar-refractivity contribution is 6.38. The molecule has 1 saturated heterocycles. The predicted molar refractivity (Wildman–Crippen MR) is 160 cm³/mol. The largest absolute Gasteiger partial charge is 0.446 e. The van der Waals surface area contributed by atoms with Crippen LogP contribution in [0.15, 0.2) is 12.7 Å². The Balaban J connectivity index is 1.81. The Morgan fingerprint density at radius 3 is 2.31 bits per heavy atom. The average Bonchev–Trinajstić information content (AvgIpc) is 3.60. The van der Waals surface area contributed by atoms with Crippen LogP contribution < -0.4 is 16.0 Å². The zero-order valence-corrected chi connectivity index (χ0v) is 26.0. The van der Waals surface area contributed by atoms with Crippen LogP contribution in [0.5, 0.6) is 0 Å². The standard InChI is InChI=1S/C32H52N4O6/c1-6-11-25(28(37)30(39)33-17-7-2)34-29(38)27-24(20(3)4)16-18-36(27)31(40)26(22-12-9-8-10-13-22)35-32(41)42-23-15-14-21(5)19-23/h7,20-27H,2,6,8-19H2,1,3-5H3,(H,33,39)(H,34,38)(H,35,41)/t21?,23?,24?,25?,26?,27-/m0/s1. The molecule has 3 fully saturated rings. The number of hydrogen-bond donors (Lipinski definition) is 3. The van der Waals surface area contributed by atoms with Gasteiger partial charge in [0.15, 0.2) is 0 Å². The minimum Gasteiger partial charge on any atom is -0.446 e. The third-order valence-electron chi connectivity index (χ3n) is 9.27. The maximum absolute atomic E-state index is 14.3. The summed E-state index contributed by atoms with van der Waals surface area (Å²) in [6, 6.07) is -2.58. The fourth-order valence-electron chi connectivity index (χ4n) is 6.92. The smallest absolute Gasteiger partial charge is 0.408 e. The molecule has 3 N–H and O–H groups in total. The Morgan fingerprint density at radius 1 is 1.00 bits per heavy atom. The number of rotatable bonds is 13. The normalized spacial score (nSPS) is 25.9. The van der Waals surface area contributed by atoms with Crippen LogP contribution in [-0.2, 0) is 23.9 Å². The summed E-state index contributed by atoms with van der Waals surface area (Å²) in [6.07, 6.45) is 9.66. The van der Waals surface area contributed by atoms with Gasteiger partial charge in [-0.3, -0.25) is 19.2 Å². The lowest BCUT2D eigenvalue weighted by Gasteiger charge is -2.36. The second-order valence-electron chi connectivity index (χ2n) is 12.9. The molecule has 0 aromatic rings. The molecule has 0 spiro atoms. The molecule has 236 valence electrons. The quantitative estimate of drug-likeness (QED) is 0.221. The van der Waals surface area contributed by atoms with Gasteiger partial charge >= 0.3 is 6.09 Å². The van der Waals surface area contributed by atoms with Crippen LogP contribution in [-0.4, -0.2) is 71.8 Å². The van der Waals surface area contributed by atoms with Crippen LogP contribution in [0.25, 0.3) is 0 Å². The summed E-state index contributed by atoms with van der Waals surface area (Å²) in [6.45, 7) is 12.1. The van der Waals surface area contributed by atoms with Gasteiger partial charge < -0.3 is 25.6 Å². The fraction of sp³-hybridized carbons (Fsp3) is 0.781. The van der Waals surface area contributed by atoms with Gasteiger partial charge in [0.25, 0.3) is 5.91 Å². The van der Waals surface area contributed by atoms with Crippen molar-refractivity contribution in [3.63, 3.8) is 0 Å². The number of alkyl carbamates (subject to hydrolysis) is 1. The molecule has 3 rings (SSSR count). The maximum Gasteiger partial charge on any atom is 0.408 e. The van der Waals surface area contributed by atoms with E-state index in [4.69, 9.17) is 4.74 Å². The Bertz CT molecular complexity index is 978. The first-order valence-electron chi connectivity index (χ1n) is 16.1. The van der Waals surface area contributed by atoms with Gasteiger partial charge in [0.05, 0.1) is 6.04 Å². The van der Waals surface area contributed by atoms with Gasteiger partial charge in [-0.05, 0) is 68.6 Å². The van der Waals surface area contributed by atoms with Crippen molar-refractivity contribution < 1.29 is 28.7 Å². The molecule has 6 atom stereocenters. The molecule has 1 heterocycles. The van der Waals surface area contributed by atoms with Crippen LogP contribution in [0.1, 0.15) is 98.3 Å². The van der Waals surface area contributed by atoms with E-state index in [1.54, 1.807) is 4.90 Å². The summed E-state index contributed by atoms with van der Waals surface area (Å²) >= 11 is 0. The predicted octanol–water partition coefficient (Wildman–Crippen LogP) is 3.88. The molecule has 0 aromatic carbocycles. The van der Waals surface area contributed by atoms with E-state index in [9.17, 15) is 24.0 Å². The SMILES string of the molecule is C=CCNC(=O)C(=O)C(CCC)NC(=O)[C@@H]1C(C(C)C)CCN1C(=O)C(NC(=O)OC1CCC(C)C1)C1CCCCC1. The topological polar surface area (TPSA) is 134 Å². The number of nitrogens with zero attached hydrogens (tertiary/aromatic N) is 1. The molecule has 42 heavy (non-hydrogen) atoms. The summed E-state index contributed by atoms with van der Waals surface area (Å²) in [5.74, 6) is -1.75. The van der Waals surface area contributed by atoms with Crippen LogP contribution in [0.2, 0.25) is 0 Å². The van der Waals surface area contributed by atoms with E-state index >= 15 is 0 Å². The maximum atomic E-state index is 14.3. The Morgan fingerprint density at radius 2 is 1.71 bits per heavy atom. The zero-order valence-electron chi connectivity index (χ0n) is 26.0. The zero-order chi connectivity index (χ0) is 30.8. The number of amides is 4. The van der Waals surface area contributed by atoms with E-state index in [0.29, 0.717) is 31.7 Å². The molecule has 2 aliphatic carbocycles. The second kappa shape index (κ2) is 16.1. The molecule has 10 nitrogen and oxygen atoms in total. The first kappa shape index (κ1) is 33.6. The number of likely N-dealkylation sites (tertiary alicyclic amines) is 1. The number of ether oxygens (including phenoxy) is 1. The number of carbonyl (C=O) groups is 5. The second-order valence-corrected chi connectivity index (χ2v) is 12.9. The van der Waals surface area contributed by atoms with Gasteiger partial charge in [-0.15, -0.1) is 6.58 Å². The van der Waals surface area contributed by atoms with E-state index in [1.165, 1.54) is 6.08 Å². The van der Waals surface area contributed by atoms with Gasteiger partial charge in [-0.2, -0.15) is 0 Å². The minimum atomic E-state index is -0.992. The van der Waals surface area contributed by atoms with E-state index in [1.807, 2.05) is 20.8 Å². The number of hydrogen-bond acceptors (Lipinski definition) is 6. The van der Waals surface area contributed by atoms with Gasteiger partial charge in [0.2, 0.25) is 17.6 Å². The van der Waals surface area contributed by atoms with Crippen LogP contribution >= 0.6 is 0 Å². The summed E-state index contributed by atoms with van der Waals surface area (Å²) < 4.78 is 5.72. The monoisotopic (exact) mass is 588 g/mol. The lowest BCUT2D eigenvalue weighted by atomic mass is 9.83. The Hall–Kier alpha value is -2.91. The highest BCUT2D eigenvalue weighted by Crippen LogP contribution is 2.34. The van der Waals surface area contributed by atoms with Crippen molar-refractivity contribution in [1.29, 1.82) is 0 Å². The molecular weight excluding hydrogens is 536 g/mol. The molecule has 3 aliphatic rings. The Labute approximate surface area is 251 Å². The van der Waals surface area contributed by atoms with Crippen molar-refractivity contribution >= 4 is 29.6 Å². The first-order valence-corrected chi connectivity index (χ1v) is 16.1. The van der Waals surface area contributed by atoms with Crippen molar-refractivity contribution in [3.8, 4) is 0 Å². The third-order valence-corrected chi connectivity index (χ3v) is 9.27. The highest BCUT2D eigenvalue weighted by atomic mass is 16.6. The average molecular weight is 589 g/mol. The summed E-state index contributed by atoms with van der Waals surface area (Å²) in [4.78, 5) is 68.1. The molecular formula is C32H52N4O6. The minimum absolute atomic E-state index is 0.0360. The molecule has 0 radical (unpaired) electrons. The van der Waals surface area contributed by atoms with Crippen molar-refractivity contribution in [1.82, 2.24) is 20.9 Å². The lowest BCUT2D eigenvalue weighted by Crippen LogP contribution is -2.59. The van der Waals surface area contributed by atoms with Crippen molar-refractivity contribution in [2.45, 2.75) is 123 Å². The van der Waals surface area contributed by atoms with Crippen LogP contribution in [0.3, 0.4) is 0 Å². The van der Waals surface area contributed by atoms with Crippen molar-refractivity contribution in [2.75, 3.05) is 13.1 Å². The van der Waals surface area contributed by atoms with Crippen molar-refractivity contribution in [3.05, 3.63) is 12.7 Å². The van der Waals surface area contributed by atoms with E-state index in [-0.39, 0.29) is 36.3 Å². The molecule has 5 unspecified atom stereocenters. The van der Waals surface area contributed by atoms with Crippen LogP contribution in [0.4, 0.5) is 4.79 Å².